The predicted octanol–water partition coefficient (Wildman–Crippen LogP) is 4.07. The zero-order valence-corrected chi connectivity index (χ0v) is 12.4. The summed E-state index contributed by atoms with van der Waals surface area (Å²) in [5.41, 5.74) is 2.41. The highest BCUT2D eigenvalue weighted by molar-refractivity contribution is 6.17. The van der Waals surface area contributed by atoms with Crippen LogP contribution in [0, 0.1) is 0 Å². The average molecular weight is 277 g/mol. The van der Waals surface area contributed by atoms with E-state index in [4.69, 9.17) is 11.6 Å². The number of benzene rings is 1. The summed E-state index contributed by atoms with van der Waals surface area (Å²) >= 11 is 5.81. The van der Waals surface area contributed by atoms with E-state index < -0.39 is 0 Å². The third-order valence-electron chi connectivity index (χ3n) is 3.42. The molecule has 0 spiro atoms. The molecule has 0 saturated carbocycles. The molecule has 3 heteroatoms. The van der Waals surface area contributed by atoms with E-state index in [1.807, 2.05) is 12.3 Å². The maximum absolute atomic E-state index is 5.81. The molecule has 2 nitrogen and oxygen atoms in total. The van der Waals surface area contributed by atoms with Crippen molar-refractivity contribution in [1.29, 1.82) is 0 Å². The summed E-state index contributed by atoms with van der Waals surface area (Å²) in [6.45, 7) is 6.46. The number of rotatable bonds is 6. The van der Waals surface area contributed by atoms with Crippen molar-refractivity contribution in [2.24, 2.45) is 0 Å². The quantitative estimate of drug-likeness (QED) is 0.739. The monoisotopic (exact) mass is 276 g/mol. The van der Waals surface area contributed by atoms with Gasteiger partial charge in [-0.15, -0.1) is 11.6 Å². The van der Waals surface area contributed by atoms with E-state index in [1.165, 1.54) is 10.9 Å². The first-order valence-electron chi connectivity index (χ1n) is 6.85. The molecule has 0 bridgehead atoms. The topological polar surface area (TPSA) is 16.1 Å². The van der Waals surface area contributed by atoms with Crippen LogP contribution in [0.2, 0.25) is 0 Å². The van der Waals surface area contributed by atoms with Crippen molar-refractivity contribution in [2.45, 2.75) is 32.9 Å². The Labute approximate surface area is 120 Å². The molecule has 0 aliphatic heterocycles. The Morgan fingerprint density at radius 1 is 1.21 bits per heavy atom. The maximum atomic E-state index is 5.81. The van der Waals surface area contributed by atoms with Gasteiger partial charge in [0.15, 0.2) is 0 Å². The Hall–Kier alpha value is -1.12. The Bertz CT molecular complexity index is 520. The van der Waals surface area contributed by atoms with Gasteiger partial charge in [0.2, 0.25) is 0 Å². The van der Waals surface area contributed by atoms with Gasteiger partial charge in [-0.2, -0.15) is 0 Å². The molecule has 0 aliphatic rings. The van der Waals surface area contributed by atoms with Gasteiger partial charge in [-0.1, -0.05) is 18.2 Å². The van der Waals surface area contributed by atoms with Crippen molar-refractivity contribution in [3.05, 3.63) is 42.1 Å². The molecule has 2 rings (SSSR count). The predicted molar refractivity (Wildman–Crippen MR) is 82.6 cm³/mol. The highest BCUT2D eigenvalue weighted by atomic mass is 35.5. The zero-order valence-electron chi connectivity index (χ0n) is 11.6. The Balaban J connectivity index is 2.23. The Morgan fingerprint density at radius 2 is 2.00 bits per heavy atom. The van der Waals surface area contributed by atoms with E-state index in [1.54, 1.807) is 0 Å². The number of halogens is 1. The zero-order chi connectivity index (χ0) is 13.7. The molecule has 0 radical (unpaired) electrons. The van der Waals surface area contributed by atoms with Gasteiger partial charge in [-0.25, -0.2) is 0 Å². The third kappa shape index (κ3) is 3.68. The first kappa shape index (κ1) is 14.3. The number of para-hydroxylation sites is 1. The largest absolute Gasteiger partial charge is 0.297 e. The van der Waals surface area contributed by atoms with Crippen LogP contribution in [-0.4, -0.2) is 28.4 Å². The first-order chi connectivity index (χ1) is 9.22. The van der Waals surface area contributed by atoms with E-state index >= 15 is 0 Å². The van der Waals surface area contributed by atoms with Gasteiger partial charge in [0.1, 0.15) is 0 Å². The standard InChI is InChI=1S/C16H21ClN2/c1-13(2)19(11-5-9-17)12-14-8-10-18-16-7-4-3-6-15(14)16/h3-4,6-8,10,13H,5,9,11-12H2,1-2H3. The van der Waals surface area contributed by atoms with E-state index in [9.17, 15) is 0 Å². The van der Waals surface area contributed by atoms with Crippen molar-refractivity contribution < 1.29 is 0 Å². The summed E-state index contributed by atoms with van der Waals surface area (Å²) in [5, 5.41) is 1.25. The van der Waals surface area contributed by atoms with Crippen molar-refractivity contribution in [3.8, 4) is 0 Å². The van der Waals surface area contributed by atoms with Crippen LogP contribution < -0.4 is 0 Å². The van der Waals surface area contributed by atoms with Gasteiger partial charge in [-0.3, -0.25) is 9.88 Å². The summed E-state index contributed by atoms with van der Waals surface area (Å²) in [4.78, 5) is 6.88. The van der Waals surface area contributed by atoms with Gasteiger partial charge >= 0.3 is 0 Å². The highest BCUT2D eigenvalue weighted by Crippen LogP contribution is 2.19. The SMILES string of the molecule is CC(C)N(CCCCl)Cc1ccnc2ccccc12. The molecule has 2 aromatic rings. The summed E-state index contributed by atoms with van der Waals surface area (Å²) in [6.07, 6.45) is 2.93. The van der Waals surface area contributed by atoms with E-state index in [0.717, 1.165) is 30.9 Å². The third-order valence-corrected chi connectivity index (χ3v) is 3.69. The second-order valence-corrected chi connectivity index (χ2v) is 5.47. The lowest BCUT2D eigenvalue weighted by molar-refractivity contribution is 0.214. The van der Waals surface area contributed by atoms with Crippen LogP contribution in [0.25, 0.3) is 10.9 Å². The molecule has 1 aromatic carbocycles. The average Bonchev–Trinajstić information content (AvgIpc) is 2.43. The minimum atomic E-state index is 0.523. The fourth-order valence-electron chi connectivity index (χ4n) is 2.29. The second-order valence-electron chi connectivity index (χ2n) is 5.09. The Morgan fingerprint density at radius 3 is 2.74 bits per heavy atom. The van der Waals surface area contributed by atoms with Crippen LogP contribution in [0.5, 0.6) is 0 Å². The Kier molecular flexibility index (Phi) is 5.17. The lowest BCUT2D eigenvalue weighted by Gasteiger charge is -2.26. The molecular formula is C16H21ClN2. The number of pyridine rings is 1. The molecule has 102 valence electrons. The van der Waals surface area contributed by atoms with Gasteiger partial charge in [-0.05, 0) is 44.5 Å². The van der Waals surface area contributed by atoms with Gasteiger partial charge in [0.05, 0.1) is 5.52 Å². The maximum Gasteiger partial charge on any atom is 0.0705 e. The van der Waals surface area contributed by atoms with E-state index in [2.05, 4.69) is 48.0 Å². The van der Waals surface area contributed by atoms with Crippen LogP contribution in [0.4, 0.5) is 0 Å². The van der Waals surface area contributed by atoms with Crippen LogP contribution in [0.1, 0.15) is 25.8 Å². The van der Waals surface area contributed by atoms with Crippen molar-refractivity contribution >= 4 is 22.5 Å². The molecule has 0 unspecified atom stereocenters. The van der Waals surface area contributed by atoms with Gasteiger partial charge < -0.3 is 0 Å². The first-order valence-corrected chi connectivity index (χ1v) is 7.38. The molecule has 0 fully saturated rings. The number of nitrogens with zero attached hydrogens (tertiary/aromatic N) is 2. The number of hydrogen-bond donors (Lipinski definition) is 0. The number of aromatic nitrogens is 1. The summed E-state index contributed by atoms with van der Waals surface area (Å²) in [6, 6.07) is 11.0. The van der Waals surface area contributed by atoms with E-state index in [-0.39, 0.29) is 0 Å². The summed E-state index contributed by atoms with van der Waals surface area (Å²) in [5.74, 6) is 0.723. The van der Waals surface area contributed by atoms with Crippen molar-refractivity contribution in [3.63, 3.8) is 0 Å². The van der Waals surface area contributed by atoms with E-state index in [0.29, 0.717) is 6.04 Å². The minimum Gasteiger partial charge on any atom is -0.297 e. The molecule has 0 saturated heterocycles. The number of hydrogen-bond acceptors (Lipinski definition) is 2. The number of alkyl halides is 1. The lowest BCUT2D eigenvalue weighted by atomic mass is 10.1. The van der Waals surface area contributed by atoms with Crippen LogP contribution in [0.3, 0.4) is 0 Å². The molecule has 0 N–H and O–H groups in total. The summed E-state index contributed by atoms with van der Waals surface area (Å²) in [7, 11) is 0. The minimum absolute atomic E-state index is 0.523. The van der Waals surface area contributed by atoms with Crippen LogP contribution in [0.15, 0.2) is 36.5 Å². The van der Waals surface area contributed by atoms with Crippen molar-refractivity contribution in [2.75, 3.05) is 12.4 Å². The second kappa shape index (κ2) is 6.88. The normalized spacial score (nSPS) is 11.6. The van der Waals surface area contributed by atoms with Gasteiger partial charge in [0.25, 0.3) is 0 Å². The van der Waals surface area contributed by atoms with Gasteiger partial charge in [0, 0.05) is 30.0 Å². The highest BCUT2D eigenvalue weighted by Gasteiger charge is 2.11. The summed E-state index contributed by atoms with van der Waals surface area (Å²) < 4.78 is 0. The lowest BCUT2D eigenvalue weighted by Crippen LogP contribution is -2.31. The van der Waals surface area contributed by atoms with Crippen LogP contribution >= 0.6 is 11.6 Å². The molecule has 1 heterocycles. The number of fused-ring (bicyclic) bond motifs is 1. The molecule has 19 heavy (non-hydrogen) atoms. The fourth-order valence-corrected chi connectivity index (χ4v) is 2.41. The molecular weight excluding hydrogens is 256 g/mol. The van der Waals surface area contributed by atoms with Crippen LogP contribution in [-0.2, 0) is 6.54 Å². The molecule has 0 amide bonds. The fraction of sp³-hybridized carbons (Fsp3) is 0.438. The van der Waals surface area contributed by atoms with Crippen molar-refractivity contribution in [1.82, 2.24) is 9.88 Å². The molecule has 1 aromatic heterocycles. The molecule has 0 atom stereocenters. The smallest absolute Gasteiger partial charge is 0.0705 e. The molecule has 0 aliphatic carbocycles.